The van der Waals surface area contributed by atoms with Gasteiger partial charge in [-0.1, -0.05) is 206 Å². The standard InChI is InChI=1S/C58H40N2Si/c1-5-19-43(20-6-1)55-56(44-21-7-2-8-22-44)58(50-34-36-54(60-40-50)48-32-30-42-18-14-16-24-46(42)38-48)61(51-25-9-3-10-26-51,52-27-11-4-12-28-52)57(55)49-33-35-53(59-39-49)47-31-29-41-17-13-15-23-45(41)37-47/h1-40H. The van der Waals surface area contributed by atoms with Crippen LogP contribution in [0.4, 0.5) is 0 Å². The van der Waals surface area contributed by atoms with E-state index in [9.17, 15) is 0 Å². The van der Waals surface area contributed by atoms with E-state index < -0.39 is 8.07 Å². The van der Waals surface area contributed by atoms with Crippen LogP contribution in [0.1, 0.15) is 22.3 Å². The highest BCUT2D eigenvalue weighted by Gasteiger charge is 2.53. The largest absolute Gasteiger partial charge is 0.256 e. The number of fused-ring (bicyclic) bond motifs is 2. The molecule has 0 bridgehead atoms. The summed E-state index contributed by atoms with van der Waals surface area (Å²) in [7, 11) is -3.20. The summed E-state index contributed by atoms with van der Waals surface area (Å²) in [6, 6.07) is 83.8. The highest BCUT2D eigenvalue weighted by molar-refractivity contribution is 7.29. The number of aromatic nitrogens is 2. The molecule has 1 aliphatic heterocycles. The zero-order chi connectivity index (χ0) is 40.6. The predicted octanol–water partition coefficient (Wildman–Crippen LogP) is 13.0. The quantitative estimate of drug-likeness (QED) is 0.143. The van der Waals surface area contributed by atoms with Gasteiger partial charge in [0.1, 0.15) is 0 Å². The Kier molecular flexibility index (Phi) is 9.22. The molecule has 0 radical (unpaired) electrons. The molecule has 2 aromatic heterocycles. The molecule has 0 aliphatic carbocycles. The third kappa shape index (κ3) is 6.35. The summed E-state index contributed by atoms with van der Waals surface area (Å²) in [6.45, 7) is 0. The minimum absolute atomic E-state index is 0.950. The zero-order valence-electron chi connectivity index (χ0n) is 33.5. The van der Waals surface area contributed by atoms with Gasteiger partial charge >= 0.3 is 0 Å². The van der Waals surface area contributed by atoms with Gasteiger partial charge in [0.05, 0.1) is 11.4 Å². The first-order valence-corrected chi connectivity index (χ1v) is 22.9. The van der Waals surface area contributed by atoms with E-state index in [0.29, 0.717) is 0 Å². The topological polar surface area (TPSA) is 25.8 Å². The lowest BCUT2D eigenvalue weighted by atomic mass is 9.89. The number of allylic oxidation sites excluding steroid dienone is 2. The maximum absolute atomic E-state index is 5.30. The minimum Gasteiger partial charge on any atom is -0.256 e. The first-order valence-electron chi connectivity index (χ1n) is 20.9. The molecule has 0 fully saturated rings. The van der Waals surface area contributed by atoms with E-state index in [0.717, 1.165) is 33.6 Å². The molecule has 286 valence electrons. The number of benzene rings is 8. The third-order valence-electron chi connectivity index (χ3n) is 12.2. The Labute approximate surface area is 357 Å². The van der Waals surface area contributed by atoms with E-state index in [1.54, 1.807) is 0 Å². The van der Waals surface area contributed by atoms with Crippen LogP contribution in [0.25, 0.3) is 65.6 Å². The van der Waals surface area contributed by atoms with Gasteiger partial charge in [-0.15, -0.1) is 0 Å². The molecular formula is C58H40N2Si. The Bertz CT molecular complexity index is 3020. The van der Waals surface area contributed by atoms with Crippen LogP contribution in [0.15, 0.2) is 243 Å². The first kappa shape index (κ1) is 36.4. The molecule has 3 heterocycles. The molecular weight excluding hydrogens is 753 g/mol. The second kappa shape index (κ2) is 15.5. The molecule has 2 nitrogen and oxygen atoms in total. The van der Waals surface area contributed by atoms with Crippen LogP contribution < -0.4 is 10.4 Å². The highest BCUT2D eigenvalue weighted by Crippen LogP contribution is 2.55. The number of rotatable bonds is 8. The zero-order valence-corrected chi connectivity index (χ0v) is 34.5. The number of pyridine rings is 2. The van der Waals surface area contributed by atoms with Gasteiger partial charge in [0, 0.05) is 23.5 Å². The second-order valence-corrected chi connectivity index (χ2v) is 19.4. The molecule has 0 saturated carbocycles. The lowest BCUT2D eigenvalue weighted by molar-refractivity contribution is 1.31. The van der Waals surface area contributed by atoms with Crippen LogP contribution in [0.2, 0.25) is 0 Å². The molecule has 0 saturated heterocycles. The van der Waals surface area contributed by atoms with Crippen LogP contribution in [0.3, 0.4) is 0 Å². The number of hydrogen-bond acceptors (Lipinski definition) is 2. The Morgan fingerprint density at radius 1 is 0.262 bits per heavy atom. The maximum Gasteiger partial charge on any atom is 0.182 e. The van der Waals surface area contributed by atoms with Crippen molar-refractivity contribution in [1.29, 1.82) is 0 Å². The van der Waals surface area contributed by atoms with E-state index in [1.165, 1.54) is 64.6 Å². The van der Waals surface area contributed by atoms with Gasteiger partial charge in [-0.25, -0.2) is 0 Å². The second-order valence-electron chi connectivity index (χ2n) is 15.7. The molecule has 1 aliphatic rings. The fourth-order valence-electron chi connectivity index (χ4n) is 9.50. The van der Waals surface area contributed by atoms with Crippen LogP contribution >= 0.6 is 0 Å². The van der Waals surface area contributed by atoms with Gasteiger partial charge in [-0.3, -0.25) is 9.97 Å². The van der Waals surface area contributed by atoms with Crippen molar-refractivity contribution in [2.45, 2.75) is 0 Å². The van der Waals surface area contributed by atoms with Crippen molar-refractivity contribution in [3.05, 3.63) is 265 Å². The Morgan fingerprint density at radius 2 is 0.607 bits per heavy atom. The van der Waals surface area contributed by atoms with Crippen molar-refractivity contribution in [3.63, 3.8) is 0 Å². The van der Waals surface area contributed by atoms with Crippen molar-refractivity contribution in [3.8, 4) is 22.5 Å². The molecule has 8 aromatic carbocycles. The molecule has 11 rings (SSSR count). The summed E-state index contributed by atoms with van der Waals surface area (Å²) in [5, 5.41) is 10.1. The van der Waals surface area contributed by atoms with E-state index in [4.69, 9.17) is 9.97 Å². The van der Waals surface area contributed by atoms with Crippen molar-refractivity contribution in [2.24, 2.45) is 0 Å². The average molecular weight is 793 g/mol. The summed E-state index contributed by atoms with van der Waals surface area (Å²) in [5.41, 5.74) is 11.2. The van der Waals surface area contributed by atoms with Gasteiger partial charge in [0.25, 0.3) is 0 Å². The van der Waals surface area contributed by atoms with Crippen molar-refractivity contribution in [1.82, 2.24) is 9.97 Å². The SMILES string of the molecule is c1ccc(C2=C(c3ccc(-c4ccc5ccccc5c4)nc3)[Si](c3ccccc3)(c3ccccc3)C(c3ccc(-c4ccc5ccccc5c4)nc3)=C2c2ccccc2)cc1. The Balaban J connectivity index is 1.21. The lowest BCUT2D eigenvalue weighted by Crippen LogP contribution is -2.59. The summed E-state index contributed by atoms with van der Waals surface area (Å²) >= 11 is 0. The third-order valence-corrected chi connectivity index (χ3v) is 17.2. The average Bonchev–Trinajstić information content (AvgIpc) is 3.68. The molecule has 0 spiro atoms. The van der Waals surface area contributed by atoms with Crippen molar-refractivity contribution < 1.29 is 0 Å². The first-order chi connectivity index (χ1) is 30.3. The van der Waals surface area contributed by atoms with Gasteiger partial charge in [-0.05, 0) is 100.0 Å². The molecule has 61 heavy (non-hydrogen) atoms. The summed E-state index contributed by atoms with van der Waals surface area (Å²) < 4.78 is 0. The smallest absolute Gasteiger partial charge is 0.182 e. The fourth-order valence-corrected chi connectivity index (χ4v) is 15.1. The van der Waals surface area contributed by atoms with Gasteiger partial charge in [0.2, 0.25) is 0 Å². The van der Waals surface area contributed by atoms with Crippen LogP contribution in [0, 0.1) is 0 Å². The van der Waals surface area contributed by atoms with E-state index in [1.807, 2.05) is 0 Å². The van der Waals surface area contributed by atoms with E-state index in [-0.39, 0.29) is 0 Å². The van der Waals surface area contributed by atoms with E-state index >= 15 is 0 Å². The van der Waals surface area contributed by atoms with Crippen LogP contribution in [-0.4, -0.2) is 18.0 Å². The predicted molar refractivity (Wildman–Crippen MR) is 259 cm³/mol. The minimum atomic E-state index is -3.20. The van der Waals surface area contributed by atoms with Crippen molar-refractivity contribution >= 4 is 61.5 Å². The van der Waals surface area contributed by atoms with Gasteiger partial charge < -0.3 is 0 Å². The molecule has 0 amide bonds. The normalized spacial score (nSPS) is 13.6. The number of nitrogens with zero attached hydrogens (tertiary/aromatic N) is 2. The number of hydrogen-bond donors (Lipinski definition) is 0. The highest BCUT2D eigenvalue weighted by atomic mass is 28.3. The molecule has 0 N–H and O–H groups in total. The van der Waals surface area contributed by atoms with Gasteiger partial charge in [-0.2, -0.15) is 0 Å². The Hall–Kier alpha value is -7.72. The van der Waals surface area contributed by atoms with Crippen LogP contribution in [-0.2, 0) is 0 Å². The summed E-state index contributed by atoms with van der Waals surface area (Å²) in [6.07, 6.45) is 4.26. The van der Waals surface area contributed by atoms with Gasteiger partial charge in [0.15, 0.2) is 8.07 Å². The fraction of sp³-hybridized carbons (Fsp3) is 0. The molecule has 0 unspecified atom stereocenters. The maximum atomic E-state index is 5.30. The monoisotopic (exact) mass is 792 g/mol. The Morgan fingerprint density at radius 3 is 0.984 bits per heavy atom. The molecule has 10 aromatic rings. The van der Waals surface area contributed by atoms with Crippen LogP contribution in [0.5, 0.6) is 0 Å². The lowest BCUT2D eigenvalue weighted by Gasteiger charge is -2.36. The van der Waals surface area contributed by atoms with E-state index in [2.05, 4.69) is 243 Å². The summed E-state index contributed by atoms with van der Waals surface area (Å²) in [4.78, 5) is 10.6. The van der Waals surface area contributed by atoms with Crippen molar-refractivity contribution in [2.75, 3.05) is 0 Å². The molecule has 3 heteroatoms. The summed E-state index contributed by atoms with van der Waals surface area (Å²) in [5.74, 6) is 0. The molecule has 0 atom stereocenters.